The molecule has 1 aromatic heterocycles. The van der Waals surface area contributed by atoms with Crippen LogP contribution in [0.1, 0.15) is 42.6 Å². The lowest BCUT2D eigenvalue weighted by Crippen LogP contribution is -2.27. The number of halogens is 1. The Balaban J connectivity index is 1.64. The van der Waals surface area contributed by atoms with Gasteiger partial charge in [0.1, 0.15) is 11.0 Å². The molecule has 0 radical (unpaired) electrons. The molecule has 2 heterocycles. The van der Waals surface area contributed by atoms with E-state index < -0.39 is 0 Å². The van der Waals surface area contributed by atoms with Crippen LogP contribution in [0.5, 0.6) is 0 Å². The lowest BCUT2D eigenvalue weighted by molar-refractivity contribution is 0.0949. The number of rotatable bonds is 7. The third-order valence-corrected chi connectivity index (χ3v) is 5.43. The van der Waals surface area contributed by atoms with Crippen LogP contribution in [0.3, 0.4) is 0 Å². The quantitative estimate of drug-likeness (QED) is 0.421. The molecule has 0 bridgehead atoms. The van der Waals surface area contributed by atoms with Gasteiger partial charge in [-0.3, -0.25) is 4.79 Å². The summed E-state index contributed by atoms with van der Waals surface area (Å²) in [5.41, 5.74) is 1.74. The normalized spacial score (nSPS) is 14.0. The fourth-order valence-electron chi connectivity index (χ4n) is 2.91. The molecular formula is C20H25ClN4OS. The van der Waals surface area contributed by atoms with E-state index in [0.29, 0.717) is 34.1 Å². The topological polar surface area (TPSA) is 58.1 Å². The summed E-state index contributed by atoms with van der Waals surface area (Å²) >= 11 is 7.73. The zero-order valence-electron chi connectivity index (χ0n) is 15.7. The first kappa shape index (κ1) is 20.0. The van der Waals surface area contributed by atoms with Gasteiger partial charge >= 0.3 is 0 Å². The van der Waals surface area contributed by atoms with E-state index in [2.05, 4.69) is 34.0 Å². The van der Waals surface area contributed by atoms with Gasteiger partial charge in [-0.05, 0) is 36.5 Å². The van der Waals surface area contributed by atoms with Crippen molar-refractivity contribution < 1.29 is 4.79 Å². The third-order valence-electron chi connectivity index (χ3n) is 4.32. The first-order valence-electron chi connectivity index (χ1n) is 9.31. The lowest BCUT2D eigenvalue weighted by atomic mass is 10.1. The Morgan fingerprint density at radius 1 is 1.26 bits per heavy atom. The van der Waals surface area contributed by atoms with Gasteiger partial charge in [0.2, 0.25) is 0 Å². The highest BCUT2D eigenvalue weighted by Gasteiger charge is 2.16. The molecule has 144 valence electrons. The Labute approximate surface area is 169 Å². The van der Waals surface area contributed by atoms with Crippen molar-refractivity contribution >= 4 is 35.1 Å². The molecule has 0 unspecified atom stereocenters. The Hall–Kier alpha value is -1.79. The smallest absolute Gasteiger partial charge is 0.251 e. The molecule has 0 atom stereocenters. The first-order valence-corrected chi connectivity index (χ1v) is 10.7. The second-order valence-corrected chi connectivity index (χ2v) is 8.45. The monoisotopic (exact) mass is 404 g/mol. The van der Waals surface area contributed by atoms with Gasteiger partial charge in [-0.1, -0.05) is 49.3 Å². The lowest BCUT2D eigenvalue weighted by Gasteiger charge is -2.16. The van der Waals surface area contributed by atoms with Crippen LogP contribution in [-0.4, -0.2) is 35.5 Å². The van der Waals surface area contributed by atoms with Crippen molar-refractivity contribution in [3.8, 4) is 0 Å². The zero-order chi connectivity index (χ0) is 19.2. The maximum absolute atomic E-state index is 12.2. The molecule has 0 saturated carbocycles. The van der Waals surface area contributed by atoms with Gasteiger partial charge in [0.05, 0.1) is 0 Å². The summed E-state index contributed by atoms with van der Waals surface area (Å²) in [6.45, 7) is 6.87. The van der Waals surface area contributed by atoms with Crippen LogP contribution >= 0.6 is 23.4 Å². The molecule has 1 aliphatic heterocycles. The van der Waals surface area contributed by atoms with E-state index in [1.54, 1.807) is 0 Å². The van der Waals surface area contributed by atoms with E-state index in [4.69, 9.17) is 11.6 Å². The minimum absolute atomic E-state index is 0.0362. The number of hydrogen-bond donors (Lipinski definition) is 1. The van der Waals surface area contributed by atoms with Crippen molar-refractivity contribution in [2.45, 2.75) is 37.6 Å². The molecule has 2 aromatic rings. The molecule has 0 aliphatic carbocycles. The predicted molar refractivity (Wildman–Crippen MR) is 112 cm³/mol. The van der Waals surface area contributed by atoms with Gasteiger partial charge in [-0.2, -0.15) is 0 Å². The summed E-state index contributed by atoms with van der Waals surface area (Å²) < 4.78 is 0. The van der Waals surface area contributed by atoms with Crippen LogP contribution in [0.2, 0.25) is 5.15 Å². The standard InChI is InChI=1S/C20H25ClN4OS/c1-14(2)12-22-19(26)16-7-5-6-15(10-16)13-27-20-23-17(21)11-18(24-20)25-8-3-4-9-25/h5-7,10-11,14H,3-4,8-9,12-13H2,1-2H3,(H,22,26). The summed E-state index contributed by atoms with van der Waals surface area (Å²) in [7, 11) is 0. The summed E-state index contributed by atoms with van der Waals surface area (Å²) in [5.74, 6) is 1.98. The number of carbonyl (C=O) groups excluding carboxylic acids is 1. The van der Waals surface area contributed by atoms with Crippen LogP contribution in [-0.2, 0) is 5.75 Å². The SMILES string of the molecule is CC(C)CNC(=O)c1cccc(CSc2nc(Cl)cc(N3CCCC3)n2)c1. The fourth-order valence-corrected chi connectivity index (χ4v) is 3.93. The number of hydrogen-bond acceptors (Lipinski definition) is 5. The third kappa shape index (κ3) is 5.84. The Bertz CT molecular complexity index is 793. The number of aromatic nitrogens is 2. The molecule has 1 N–H and O–H groups in total. The predicted octanol–water partition coefficient (Wildman–Crippen LogP) is 4.41. The van der Waals surface area contributed by atoms with Crippen molar-refractivity contribution in [2.24, 2.45) is 5.92 Å². The Kier molecular flexibility index (Phi) is 6.96. The van der Waals surface area contributed by atoms with E-state index in [-0.39, 0.29) is 5.91 Å². The minimum atomic E-state index is -0.0362. The van der Waals surface area contributed by atoms with Crippen LogP contribution in [0.25, 0.3) is 0 Å². The number of nitrogens with one attached hydrogen (secondary N) is 1. The molecule has 7 heteroatoms. The van der Waals surface area contributed by atoms with Gasteiger partial charge < -0.3 is 10.2 Å². The van der Waals surface area contributed by atoms with Crippen LogP contribution in [0.4, 0.5) is 5.82 Å². The fraction of sp³-hybridized carbons (Fsp3) is 0.450. The molecule has 3 rings (SSSR count). The largest absolute Gasteiger partial charge is 0.356 e. The number of amides is 1. The molecule has 5 nitrogen and oxygen atoms in total. The summed E-state index contributed by atoms with van der Waals surface area (Å²) in [6, 6.07) is 9.52. The van der Waals surface area contributed by atoms with E-state index in [1.807, 2.05) is 30.3 Å². The molecule has 1 fully saturated rings. The van der Waals surface area contributed by atoms with Gasteiger partial charge in [-0.25, -0.2) is 9.97 Å². The molecule has 0 spiro atoms. The van der Waals surface area contributed by atoms with E-state index in [1.165, 1.54) is 24.6 Å². The zero-order valence-corrected chi connectivity index (χ0v) is 17.3. The van der Waals surface area contributed by atoms with Crippen molar-refractivity contribution in [2.75, 3.05) is 24.5 Å². The van der Waals surface area contributed by atoms with E-state index >= 15 is 0 Å². The highest BCUT2D eigenvalue weighted by atomic mass is 35.5. The van der Waals surface area contributed by atoms with Crippen LogP contribution in [0.15, 0.2) is 35.5 Å². The highest BCUT2D eigenvalue weighted by Crippen LogP contribution is 2.26. The molecular weight excluding hydrogens is 380 g/mol. The van der Waals surface area contributed by atoms with Gasteiger partial charge in [0, 0.05) is 37.0 Å². The van der Waals surface area contributed by atoms with Crippen molar-refractivity contribution in [1.82, 2.24) is 15.3 Å². The molecule has 1 aliphatic rings. The second kappa shape index (κ2) is 9.42. The maximum Gasteiger partial charge on any atom is 0.251 e. The van der Waals surface area contributed by atoms with Gasteiger partial charge in [0.15, 0.2) is 5.16 Å². The number of nitrogens with zero attached hydrogens (tertiary/aromatic N) is 3. The van der Waals surface area contributed by atoms with Crippen LogP contribution < -0.4 is 10.2 Å². The van der Waals surface area contributed by atoms with Crippen molar-refractivity contribution in [1.29, 1.82) is 0 Å². The average molecular weight is 405 g/mol. The van der Waals surface area contributed by atoms with E-state index in [9.17, 15) is 4.79 Å². The van der Waals surface area contributed by atoms with Crippen molar-refractivity contribution in [3.05, 3.63) is 46.6 Å². The number of benzene rings is 1. The molecule has 1 amide bonds. The van der Waals surface area contributed by atoms with Gasteiger partial charge in [-0.15, -0.1) is 0 Å². The maximum atomic E-state index is 12.2. The molecule has 1 saturated heterocycles. The summed E-state index contributed by atoms with van der Waals surface area (Å²) in [4.78, 5) is 23.5. The van der Waals surface area contributed by atoms with E-state index in [0.717, 1.165) is 24.5 Å². The first-order chi connectivity index (χ1) is 13.0. The highest BCUT2D eigenvalue weighted by molar-refractivity contribution is 7.98. The number of anilines is 1. The Morgan fingerprint density at radius 2 is 2.04 bits per heavy atom. The number of carbonyl (C=O) groups is 1. The summed E-state index contributed by atoms with van der Waals surface area (Å²) in [6.07, 6.45) is 2.38. The second-order valence-electron chi connectivity index (χ2n) is 7.12. The van der Waals surface area contributed by atoms with Gasteiger partial charge in [0.25, 0.3) is 5.91 Å². The summed E-state index contributed by atoms with van der Waals surface area (Å²) in [5, 5.41) is 4.09. The van der Waals surface area contributed by atoms with Crippen molar-refractivity contribution in [3.63, 3.8) is 0 Å². The molecule has 1 aromatic carbocycles. The Morgan fingerprint density at radius 3 is 2.78 bits per heavy atom. The average Bonchev–Trinajstić information content (AvgIpc) is 3.19. The minimum Gasteiger partial charge on any atom is -0.356 e. The van der Waals surface area contributed by atoms with Crippen LogP contribution in [0, 0.1) is 5.92 Å². The molecule has 27 heavy (non-hydrogen) atoms. The number of thioether (sulfide) groups is 1.